The molecule has 0 bridgehead atoms. The van der Waals surface area contributed by atoms with Gasteiger partial charge in [-0.25, -0.2) is 9.79 Å². The molecule has 0 heterocycles. The van der Waals surface area contributed by atoms with Gasteiger partial charge in [0.05, 0.1) is 20.8 Å². The van der Waals surface area contributed by atoms with Gasteiger partial charge in [0.2, 0.25) is 0 Å². The molecule has 0 atom stereocenters. The van der Waals surface area contributed by atoms with E-state index in [1.165, 1.54) is 26.4 Å². The van der Waals surface area contributed by atoms with Crippen LogP contribution >= 0.6 is 24.0 Å². The van der Waals surface area contributed by atoms with Gasteiger partial charge in [0.25, 0.3) is 0 Å². The van der Waals surface area contributed by atoms with Crippen LogP contribution in [0.5, 0.6) is 11.5 Å². The quantitative estimate of drug-likeness (QED) is 0.257. The molecule has 0 saturated heterocycles. The predicted octanol–water partition coefficient (Wildman–Crippen LogP) is 3.93. The second kappa shape index (κ2) is 10.7. The number of alkyl halides is 3. The topological polar surface area (TPSA) is 95.2 Å². The molecule has 0 aromatic heterocycles. The fraction of sp³-hybridized carbons (Fsp3) is 0.222. The Labute approximate surface area is 182 Å². The molecule has 0 saturated carbocycles. The number of nitrogens with zero attached hydrogens (tertiary/aromatic N) is 1. The number of esters is 1. The van der Waals surface area contributed by atoms with E-state index in [1.54, 1.807) is 18.2 Å². The number of carbonyl (C=O) groups excluding carboxylic acids is 1. The molecule has 0 fully saturated rings. The normalized spacial score (nSPS) is 11.3. The van der Waals surface area contributed by atoms with Gasteiger partial charge in [-0.1, -0.05) is 6.07 Å². The number of halogens is 4. The molecule has 0 unspecified atom stereocenters. The first kappa shape index (κ1) is 24.3. The van der Waals surface area contributed by atoms with E-state index >= 15 is 0 Å². The van der Waals surface area contributed by atoms with Crippen molar-refractivity contribution in [1.82, 2.24) is 0 Å². The maximum absolute atomic E-state index is 12.1. The summed E-state index contributed by atoms with van der Waals surface area (Å²) < 4.78 is 50.1. The van der Waals surface area contributed by atoms with E-state index in [2.05, 4.69) is 19.8 Å². The SMILES string of the molecule is COC(=O)c1ccc(CN=C(N)Nc2ccc(OC(F)(F)F)cc2)cc1OC.I. The van der Waals surface area contributed by atoms with Gasteiger partial charge in [-0.2, -0.15) is 0 Å². The molecule has 0 aliphatic carbocycles. The summed E-state index contributed by atoms with van der Waals surface area (Å²) in [5, 5.41) is 2.76. The summed E-state index contributed by atoms with van der Waals surface area (Å²) in [6.07, 6.45) is -4.75. The summed E-state index contributed by atoms with van der Waals surface area (Å²) in [5.41, 5.74) is 7.23. The average molecular weight is 525 g/mol. The molecule has 11 heteroatoms. The van der Waals surface area contributed by atoms with Gasteiger partial charge >= 0.3 is 12.3 Å². The van der Waals surface area contributed by atoms with Crippen LogP contribution in [0.15, 0.2) is 47.5 Å². The van der Waals surface area contributed by atoms with E-state index in [4.69, 9.17) is 10.5 Å². The monoisotopic (exact) mass is 525 g/mol. The molecule has 29 heavy (non-hydrogen) atoms. The fourth-order valence-electron chi connectivity index (χ4n) is 2.22. The van der Waals surface area contributed by atoms with Crippen LogP contribution in [0, 0.1) is 0 Å². The molecule has 2 aromatic rings. The minimum Gasteiger partial charge on any atom is -0.496 e. The third-order valence-corrected chi connectivity index (χ3v) is 3.46. The zero-order valence-electron chi connectivity index (χ0n) is 15.4. The van der Waals surface area contributed by atoms with Gasteiger partial charge in [-0.15, -0.1) is 37.1 Å². The van der Waals surface area contributed by atoms with E-state index in [-0.39, 0.29) is 47.8 Å². The number of benzene rings is 2. The number of hydrogen-bond acceptors (Lipinski definition) is 5. The zero-order chi connectivity index (χ0) is 20.7. The van der Waals surface area contributed by atoms with E-state index in [1.807, 2.05) is 0 Å². The zero-order valence-corrected chi connectivity index (χ0v) is 17.8. The molecule has 0 radical (unpaired) electrons. The number of nitrogens with two attached hydrogens (primary N) is 1. The van der Waals surface area contributed by atoms with Crippen LogP contribution in [-0.2, 0) is 11.3 Å². The average Bonchev–Trinajstić information content (AvgIpc) is 2.66. The highest BCUT2D eigenvalue weighted by Gasteiger charge is 2.30. The van der Waals surface area contributed by atoms with Crippen molar-refractivity contribution in [1.29, 1.82) is 0 Å². The highest BCUT2D eigenvalue weighted by atomic mass is 127. The fourth-order valence-corrected chi connectivity index (χ4v) is 2.22. The number of rotatable bonds is 6. The minimum atomic E-state index is -4.75. The molecule has 2 aromatic carbocycles. The maximum atomic E-state index is 12.1. The van der Waals surface area contributed by atoms with Gasteiger partial charge in [-0.3, -0.25) is 0 Å². The number of ether oxygens (including phenoxy) is 3. The summed E-state index contributed by atoms with van der Waals surface area (Å²) >= 11 is 0. The highest BCUT2D eigenvalue weighted by molar-refractivity contribution is 14.0. The first-order chi connectivity index (χ1) is 13.2. The van der Waals surface area contributed by atoms with Crippen molar-refractivity contribution < 1.29 is 32.2 Å². The lowest BCUT2D eigenvalue weighted by Gasteiger charge is -2.10. The Bertz CT molecular complexity index is 858. The highest BCUT2D eigenvalue weighted by Crippen LogP contribution is 2.24. The summed E-state index contributed by atoms with van der Waals surface area (Å²) in [4.78, 5) is 15.8. The third-order valence-electron chi connectivity index (χ3n) is 3.46. The molecule has 158 valence electrons. The lowest BCUT2D eigenvalue weighted by molar-refractivity contribution is -0.274. The van der Waals surface area contributed by atoms with E-state index in [9.17, 15) is 18.0 Å². The van der Waals surface area contributed by atoms with Crippen molar-refractivity contribution in [3.05, 3.63) is 53.6 Å². The van der Waals surface area contributed by atoms with Crippen LogP contribution in [0.4, 0.5) is 18.9 Å². The van der Waals surface area contributed by atoms with Crippen molar-refractivity contribution >= 4 is 41.6 Å². The Morgan fingerprint density at radius 3 is 2.34 bits per heavy atom. The Morgan fingerprint density at radius 2 is 1.79 bits per heavy atom. The van der Waals surface area contributed by atoms with Crippen LogP contribution < -0.4 is 20.5 Å². The first-order valence-electron chi connectivity index (χ1n) is 7.90. The van der Waals surface area contributed by atoms with Crippen molar-refractivity contribution in [3.63, 3.8) is 0 Å². The van der Waals surface area contributed by atoms with Crippen molar-refractivity contribution in [2.75, 3.05) is 19.5 Å². The Balaban J connectivity index is 0.00000420. The number of anilines is 1. The van der Waals surface area contributed by atoms with Crippen molar-refractivity contribution in [3.8, 4) is 11.5 Å². The Kier molecular flexibility index (Phi) is 9.01. The minimum absolute atomic E-state index is 0. The largest absolute Gasteiger partial charge is 0.573 e. The molecule has 0 aliphatic rings. The molecule has 0 amide bonds. The molecule has 3 N–H and O–H groups in total. The molecular formula is C18H19F3IN3O4. The lowest BCUT2D eigenvalue weighted by atomic mass is 10.1. The number of methoxy groups -OCH3 is 2. The predicted molar refractivity (Wildman–Crippen MR) is 112 cm³/mol. The standard InChI is InChI=1S/C18H18F3N3O4.HI/c1-26-15-9-11(3-8-14(15)16(25)27-2)10-23-17(22)24-12-4-6-13(7-5-12)28-18(19,20)21;/h3-9H,10H2,1-2H3,(H3,22,23,24);1H. The number of hydrogen-bond donors (Lipinski definition) is 2. The van der Waals surface area contributed by atoms with Crippen molar-refractivity contribution in [2.24, 2.45) is 10.7 Å². The number of carbonyl (C=O) groups is 1. The molecule has 2 rings (SSSR count). The molecule has 7 nitrogen and oxygen atoms in total. The second-order valence-corrected chi connectivity index (χ2v) is 5.42. The third kappa shape index (κ3) is 7.68. The van der Waals surface area contributed by atoms with E-state index < -0.39 is 12.3 Å². The Hall–Kier alpha value is -2.70. The van der Waals surface area contributed by atoms with Crippen LogP contribution in [0.1, 0.15) is 15.9 Å². The summed E-state index contributed by atoms with van der Waals surface area (Å²) in [7, 11) is 2.70. The van der Waals surface area contributed by atoms with Crippen LogP contribution in [-0.4, -0.2) is 32.5 Å². The van der Waals surface area contributed by atoms with E-state index in [0.29, 0.717) is 11.4 Å². The number of guanidine groups is 1. The second-order valence-electron chi connectivity index (χ2n) is 5.42. The lowest BCUT2D eigenvalue weighted by Crippen LogP contribution is -2.22. The van der Waals surface area contributed by atoms with Gasteiger partial charge in [0.15, 0.2) is 5.96 Å². The van der Waals surface area contributed by atoms with Gasteiger partial charge in [0, 0.05) is 5.69 Å². The number of nitrogens with one attached hydrogen (secondary N) is 1. The van der Waals surface area contributed by atoms with Gasteiger partial charge in [-0.05, 0) is 42.0 Å². The molecule has 0 aliphatic heterocycles. The van der Waals surface area contributed by atoms with Crippen LogP contribution in [0.25, 0.3) is 0 Å². The van der Waals surface area contributed by atoms with E-state index in [0.717, 1.165) is 17.7 Å². The summed E-state index contributed by atoms with van der Waals surface area (Å²) in [6.45, 7) is 0.186. The summed E-state index contributed by atoms with van der Waals surface area (Å²) in [5.74, 6) is -0.468. The van der Waals surface area contributed by atoms with Crippen LogP contribution in [0.3, 0.4) is 0 Å². The molecule has 0 spiro atoms. The Morgan fingerprint density at radius 1 is 1.14 bits per heavy atom. The van der Waals surface area contributed by atoms with Gasteiger partial charge < -0.3 is 25.3 Å². The first-order valence-corrected chi connectivity index (χ1v) is 7.90. The smallest absolute Gasteiger partial charge is 0.496 e. The molecular weight excluding hydrogens is 506 g/mol. The van der Waals surface area contributed by atoms with Gasteiger partial charge in [0.1, 0.15) is 17.1 Å². The van der Waals surface area contributed by atoms with Crippen molar-refractivity contribution in [2.45, 2.75) is 12.9 Å². The van der Waals surface area contributed by atoms with Crippen LogP contribution in [0.2, 0.25) is 0 Å². The summed E-state index contributed by atoms with van der Waals surface area (Å²) in [6, 6.07) is 9.91. The maximum Gasteiger partial charge on any atom is 0.573 e. The number of aliphatic imine (C=N–C) groups is 1.